The Labute approximate surface area is 262 Å². The molecule has 3 saturated heterocycles. The fourth-order valence-corrected chi connectivity index (χ4v) is 7.15. The first-order valence-electron chi connectivity index (χ1n) is 17.1. The van der Waals surface area contributed by atoms with Crippen LogP contribution in [0.1, 0.15) is 112 Å². The van der Waals surface area contributed by atoms with Gasteiger partial charge in [0, 0.05) is 63.7 Å². The van der Waals surface area contributed by atoms with Crippen LogP contribution in [0, 0.1) is 0 Å². The van der Waals surface area contributed by atoms with E-state index in [1.54, 1.807) is 0 Å². The first-order chi connectivity index (χ1) is 20.6. The van der Waals surface area contributed by atoms with Gasteiger partial charge in [0.25, 0.3) is 0 Å². The molecule has 2 aromatic rings. The van der Waals surface area contributed by atoms with Crippen LogP contribution in [-0.4, -0.2) is 82.2 Å². The van der Waals surface area contributed by atoms with Gasteiger partial charge in [0.2, 0.25) is 0 Å². The topological polar surface area (TPSA) is 31.4 Å². The van der Waals surface area contributed by atoms with Crippen molar-refractivity contribution >= 4 is 11.4 Å². The van der Waals surface area contributed by atoms with Gasteiger partial charge in [-0.1, -0.05) is 79.7 Å². The van der Waals surface area contributed by atoms with Crippen LogP contribution >= 0.6 is 0 Å². The predicted molar refractivity (Wildman–Crippen MR) is 181 cm³/mol. The van der Waals surface area contributed by atoms with Gasteiger partial charge < -0.3 is 19.3 Å². The third-order valence-electron chi connectivity index (χ3n) is 9.58. The maximum absolute atomic E-state index is 5.62. The molecule has 3 heterocycles. The lowest BCUT2D eigenvalue weighted by molar-refractivity contribution is 0.0341. The van der Waals surface area contributed by atoms with E-state index in [0.717, 1.165) is 85.5 Å². The minimum Gasteiger partial charge on any atom is -0.379 e. The second-order valence-electron chi connectivity index (χ2n) is 14.3. The van der Waals surface area contributed by atoms with Crippen LogP contribution in [0.5, 0.6) is 0 Å². The standard InChI is InChI=1S/C37H58N4O2/c1-26(2)32-19-30(23-38-11-15-42-16-12-38)20-33(27(3)4)36(32)40-9-10-41(25-40)37-34(28(5)6)21-31(22-35(37)29(7)8)24-39-13-17-43-18-14-39/h19-22,26-29H,9-18,23-25H2,1-8H3. The van der Waals surface area contributed by atoms with Gasteiger partial charge in [0.15, 0.2) is 0 Å². The lowest BCUT2D eigenvalue weighted by Gasteiger charge is -2.33. The van der Waals surface area contributed by atoms with Crippen molar-refractivity contribution in [2.45, 2.75) is 92.2 Å². The zero-order valence-electron chi connectivity index (χ0n) is 28.4. The van der Waals surface area contributed by atoms with Crippen molar-refractivity contribution in [1.29, 1.82) is 0 Å². The van der Waals surface area contributed by atoms with E-state index in [-0.39, 0.29) is 0 Å². The first-order valence-corrected chi connectivity index (χ1v) is 17.1. The molecular weight excluding hydrogens is 532 g/mol. The SMILES string of the molecule is CC(C)c1cc(CN2CCOCC2)cc(C(C)C)c1N1CCN(c2c(C(C)C)cc(CN3CCOCC3)cc2C(C)C)C1. The Balaban J connectivity index is 1.47. The Hall–Kier alpha value is -2.12. The van der Waals surface area contributed by atoms with Crippen LogP contribution in [0.15, 0.2) is 24.3 Å². The molecule has 3 aliphatic rings. The zero-order chi connectivity index (χ0) is 30.7. The van der Waals surface area contributed by atoms with Gasteiger partial charge in [0.05, 0.1) is 33.1 Å². The summed E-state index contributed by atoms with van der Waals surface area (Å²) in [6, 6.07) is 10.1. The van der Waals surface area contributed by atoms with E-state index < -0.39 is 0 Å². The van der Waals surface area contributed by atoms with Crippen LogP contribution in [0.2, 0.25) is 0 Å². The number of rotatable bonds is 10. The summed E-state index contributed by atoms with van der Waals surface area (Å²) in [6.07, 6.45) is 0. The highest BCUT2D eigenvalue weighted by atomic mass is 16.5. The number of benzene rings is 2. The van der Waals surface area contributed by atoms with Crippen molar-refractivity contribution in [3.63, 3.8) is 0 Å². The van der Waals surface area contributed by atoms with Gasteiger partial charge in [-0.3, -0.25) is 9.80 Å². The number of hydrogen-bond acceptors (Lipinski definition) is 6. The molecule has 2 aromatic carbocycles. The van der Waals surface area contributed by atoms with E-state index in [1.807, 2.05) is 0 Å². The van der Waals surface area contributed by atoms with Crippen LogP contribution in [0.4, 0.5) is 11.4 Å². The van der Waals surface area contributed by atoms with Gasteiger partial charge in [0.1, 0.15) is 0 Å². The number of anilines is 2. The highest BCUT2D eigenvalue weighted by molar-refractivity contribution is 5.69. The minimum absolute atomic E-state index is 0.475. The third-order valence-corrected chi connectivity index (χ3v) is 9.58. The maximum Gasteiger partial charge on any atom is 0.0904 e. The Morgan fingerprint density at radius 3 is 1.07 bits per heavy atom. The van der Waals surface area contributed by atoms with Crippen molar-refractivity contribution in [3.05, 3.63) is 57.6 Å². The quantitative estimate of drug-likeness (QED) is 0.293. The molecule has 3 aliphatic heterocycles. The molecule has 6 heteroatoms. The van der Waals surface area contributed by atoms with Crippen LogP contribution in [-0.2, 0) is 22.6 Å². The molecule has 0 unspecified atom stereocenters. The summed E-state index contributed by atoms with van der Waals surface area (Å²) < 4.78 is 11.2. The largest absolute Gasteiger partial charge is 0.379 e. The predicted octanol–water partition coefficient (Wildman–Crippen LogP) is 7.13. The molecule has 0 atom stereocenters. The van der Waals surface area contributed by atoms with Gasteiger partial charge in [-0.15, -0.1) is 0 Å². The minimum atomic E-state index is 0.475. The van der Waals surface area contributed by atoms with Crippen molar-refractivity contribution < 1.29 is 9.47 Å². The van der Waals surface area contributed by atoms with Gasteiger partial charge in [-0.25, -0.2) is 0 Å². The first kappa shape index (κ1) is 32.3. The third kappa shape index (κ3) is 7.58. The van der Waals surface area contributed by atoms with Crippen LogP contribution in [0.3, 0.4) is 0 Å². The molecule has 0 spiro atoms. The van der Waals surface area contributed by atoms with E-state index in [1.165, 1.54) is 44.8 Å². The fourth-order valence-electron chi connectivity index (χ4n) is 7.15. The fraction of sp³-hybridized carbons (Fsp3) is 0.676. The smallest absolute Gasteiger partial charge is 0.0904 e. The van der Waals surface area contributed by atoms with Gasteiger partial charge in [-0.05, 0) is 57.1 Å². The summed E-state index contributed by atoms with van der Waals surface area (Å²) in [5.74, 6) is 1.90. The van der Waals surface area contributed by atoms with E-state index in [4.69, 9.17) is 9.47 Å². The summed E-state index contributed by atoms with van der Waals surface area (Å²) in [6.45, 7) is 31.6. The van der Waals surface area contributed by atoms with Gasteiger partial charge >= 0.3 is 0 Å². The molecule has 3 fully saturated rings. The van der Waals surface area contributed by atoms with E-state index in [9.17, 15) is 0 Å². The second kappa shape index (κ2) is 14.3. The molecule has 0 N–H and O–H groups in total. The van der Waals surface area contributed by atoms with Crippen LogP contribution < -0.4 is 9.80 Å². The zero-order valence-corrected chi connectivity index (χ0v) is 28.4. The molecule has 0 bridgehead atoms. The van der Waals surface area contributed by atoms with Crippen molar-refractivity contribution in [2.24, 2.45) is 0 Å². The van der Waals surface area contributed by atoms with E-state index in [0.29, 0.717) is 23.7 Å². The van der Waals surface area contributed by atoms with Gasteiger partial charge in [-0.2, -0.15) is 0 Å². The lowest BCUT2D eigenvalue weighted by atomic mass is 9.89. The number of nitrogens with zero attached hydrogens (tertiary/aromatic N) is 4. The molecule has 238 valence electrons. The normalized spacial score (nSPS) is 19.2. The van der Waals surface area contributed by atoms with Crippen molar-refractivity contribution in [2.75, 3.05) is 82.2 Å². The summed E-state index contributed by atoms with van der Waals surface area (Å²) >= 11 is 0. The Morgan fingerprint density at radius 2 is 0.791 bits per heavy atom. The monoisotopic (exact) mass is 590 g/mol. The summed E-state index contributed by atoms with van der Waals surface area (Å²) in [4.78, 5) is 10.5. The summed E-state index contributed by atoms with van der Waals surface area (Å²) in [7, 11) is 0. The van der Waals surface area contributed by atoms with E-state index >= 15 is 0 Å². The van der Waals surface area contributed by atoms with Crippen LogP contribution in [0.25, 0.3) is 0 Å². The maximum atomic E-state index is 5.62. The van der Waals surface area contributed by atoms with Crippen molar-refractivity contribution in [1.82, 2.24) is 9.80 Å². The Kier molecular flexibility index (Phi) is 10.8. The second-order valence-corrected chi connectivity index (χ2v) is 14.3. The molecule has 0 aromatic heterocycles. The number of morpholine rings is 2. The number of hydrogen-bond donors (Lipinski definition) is 0. The highest BCUT2D eigenvalue weighted by Gasteiger charge is 2.30. The lowest BCUT2D eigenvalue weighted by Crippen LogP contribution is -2.36. The molecule has 5 rings (SSSR count). The molecular formula is C37H58N4O2. The summed E-state index contributed by atoms with van der Waals surface area (Å²) in [5, 5.41) is 0. The molecule has 0 radical (unpaired) electrons. The molecule has 0 saturated carbocycles. The van der Waals surface area contributed by atoms with E-state index in [2.05, 4.69) is 99.3 Å². The average molecular weight is 591 g/mol. The Bertz CT molecular complexity index is 1060. The average Bonchev–Trinajstić information content (AvgIpc) is 3.46. The number of ether oxygens (including phenoxy) is 2. The molecule has 43 heavy (non-hydrogen) atoms. The molecule has 6 nitrogen and oxygen atoms in total. The Morgan fingerprint density at radius 1 is 0.488 bits per heavy atom. The van der Waals surface area contributed by atoms with Crippen molar-refractivity contribution in [3.8, 4) is 0 Å². The molecule has 0 aliphatic carbocycles. The molecule has 0 amide bonds. The summed E-state index contributed by atoms with van der Waals surface area (Å²) in [5.41, 5.74) is 11.9. The highest BCUT2D eigenvalue weighted by Crippen LogP contribution is 2.42.